The van der Waals surface area contributed by atoms with E-state index in [0.29, 0.717) is 0 Å². The van der Waals surface area contributed by atoms with Gasteiger partial charge in [0.2, 0.25) is 0 Å². The molecule has 1 N–H and O–H groups in total. The van der Waals surface area contributed by atoms with Crippen LogP contribution in [-0.4, -0.2) is 11.5 Å². The molecule has 20 heavy (non-hydrogen) atoms. The van der Waals surface area contributed by atoms with E-state index in [9.17, 15) is 4.39 Å². The Morgan fingerprint density at radius 1 is 1.30 bits per heavy atom. The smallest absolute Gasteiger partial charge is 0.141 e. The number of benzene rings is 1. The van der Waals surface area contributed by atoms with E-state index >= 15 is 0 Å². The number of halogens is 2. The molecule has 0 fully saturated rings. The lowest BCUT2D eigenvalue weighted by Crippen LogP contribution is -2.24. The van der Waals surface area contributed by atoms with Gasteiger partial charge in [-0.2, -0.15) is 0 Å². The van der Waals surface area contributed by atoms with Crippen LogP contribution in [-0.2, 0) is 6.42 Å². The number of nitrogens with zero attached hydrogens (tertiary/aromatic N) is 1. The molecule has 0 saturated carbocycles. The Bertz CT molecular complexity index is 586. The van der Waals surface area contributed by atoms with Crippen LogP contribution in [0.4, 0.5) is 4.39 Å². The van der Waals surface area contributed by atoms with Crippen molar-refractivity contribution < 1.29 is 4.39 Å². The van der Waals surface area contributed by atoms with E-state index < -0.39 is 0 Å². The molecule has 106 valence electrons. The third kappa shape index (κ3) is 3.78. The summed E-state index contributed by atoms with van der Waals surface area (Å²) in [5, 5.41) is 3.57. The van der Waals surface area contributed by atoms with E-state index in [0.717, 1.165) is 24.2 Å². The summed E-state index contributed by atoms with van der Waals surface area (Å²) >= 11 is 5.83. The monoisotopic (exact) mass is 292 g/mol. The summed E-state index contributed by atoms with van der Waals surface area (Å²) in [6.45, 7) is 4.94. The summed E-state index contributed by atoms with van der Waals surface area (Å²) in [5.74, 6) is -0.385. The molecule has 1 heterocycles. The number of likely N-dealkylation sites (N-methyl/N-ethyl adjacent to an activating group) is 1. The van der Waals surface area contributed by atoms with Crippen LogP contribution in [0.2, 0.25) is 5.02 Å². The zero-order chi connectivity index (χ0) is 14.5. The Morgan fingerprint density at radius 3 is 2.75 bits per heavy atom. The van der Waals surface area contributed by atoms with Gasteiger partial charge in [-0.15, -0.1) is 0 Å². The highest BCUT2D eigenvalue weighted by molar-refractivity contribution is 6.30. The van der Waals surface area contributed by atoms with Gasteiger partial charge in [0.25, 0.3) is 0 Å². The number of nitrogens with one attached hydrogen (secondary N) is 1. The minimum absolute atomic E-state index is 0.0985. The molecule has 0 bridgehead atoms. The molecule has 1 aromatic carbocycles. The third-order valence-electron chi connectivity index (χ3n) is 3.17. The molecule has 4 heteroatoms. The minimum Gasteiger partial charge on any atom is -0.309 e. The van der Waals surface area contributed by atoms with E-state index in [1.165, 1.54) is 11.6 Å². The predicted molar refractivity (Wildman–Crippen MR) is 80.5 cm³/mol. The van der Waals surface area contributed by atoms with Crippen LogP contribution in [0.3, 0.4) is 0 Å². The summed E-state index contributed by atoms with van der Waals surface area (Å²) in [4.78, 5) is 4.43. The highest BCUT2D eigenvalue weighted by Crippen LogP contribution is 2.21. The third-order valence-corrected chi connectivity index (χ3v) is 3.46. The zero-order valence-corrected chi connectivity index (χ0v) is 12.4. The van der Waals surface area contributed by atoms with Gasteiger partial charge in [-0.25, -0.2) is 4.39 Å². The summed E-state index contributed by atoms with van der Waals surface area (Å²) < 4.78 is 13.2. The van der Waals surface area contributed by atoms with Gasteiger partial charge < -0.3 is 5.32 Å². The molecule has 2 rings (SSSR count). The number of pyridine rings is 1. The molecule has 1 unspecified atom stereocenters. The van der Waals surface area contributed by atoms with Crippen molar-refractivity contribution in [1.82, 2.24) is 10.3 Å². The fourth-order valence-corrected chi connectivity index (χ4v) is 2.38. The number of aryl methyl sites for hydroxylation is 1. The first-order valence-corrected chi connectivity index (χ1v) is 7.07. The largest absolute Gasteiger partial charge is 0.309 e. The second-order valence-corrected chi connectivity index (χ2v) is 5.23. The summed E-state index contributed by atoms with van der Waals surface area (Å²) in [5.41, 5.74) is 3.16. The standard InChI is InChI=1S/C16H18ClFN2/c1-3-19-16(15-8-11(2)6-7-20-15)10-12-4-5-14(18)13(17)9-12/h4-9,16,19H,3,10H2,1-2H3. The molecule has 2 nitrogen and oxygen atoms in total. The van der Waals surface area contributed by atoms with E-state index in [-0.39, 0.29) is 16.9 Å². The van der Waals surface area contributed by atoms with Gasteiger partial charge in [0.05, 0.1) is 16.8 Å². The second-order valence-electron chi connectivity index (χ2n) is 4.82. The van der Waals surface area contributed by atoms with Crippen LogP contribution >= 0.6 is 11.6 Å². The van der Waals surface area contributed by atoms with E-state index in [1.54, 1.807) is 12.1 Å². The van der Waals surface area contributed by atoms with Crippen LogP contribution in [0.25, 0.3) is 0 Å². The SMILES string of the molecule is CCNC(Cc1ccc(F)c(Cl)c1)c1cc(C)ccn1. The van der Waals surface area contributed by atoms with Crippen molar-refractivity contribution in [2.45, 2.75) is 26.3 Å². The van der Waals surface area contributed by atoms with Gasteiger partial charge in [0.15, 0.2) is 0 Å². The normalized spacial score (nSPS) is 12.4. The highest BCUT2D eigenvalue weighted by atomic mass is 35.5. The maximum Gasteiger partial charge on any atom is 0.141 e. The van der Waals surface area contributed by atoms with Crippen LogP contribution in [0.15, 0.2) is 36.5 Å². The molecule has 0 spiro atoms. The zero-order valence-electron chi connectivity index (χ0n) is 11.7. The maximum absolute atomic E-state index is 13.2. The van der Waals surface area contributed by atoms with E-state index in [2.05, 4.69) is 23.3 Å². The van der Waals surface area contributed by atoms with Crippen LogP contribution in [0, 0.1) is 12.7 Å². The lowest BCUT2D eigenvalue weighted by molar-refractivity contribution is 0.535. The van der Waals surface area contributed by atoms with Gasteiger partial charge in [-0.3, -0.25) is 4.98 Å². The Labute approximate surface area is 124 Å². The van der Waals surface area contributed by atoms with Crippen LogP contribution in [0.1, 0.15) is 29.8 Å². The average Bonchev–Trinajstić information content (AvgIpc) is 2.42. The number of hydrogen-bond acceptors (Lipinski definition) is 2. The molecule has 1 aromatic heterocycles. The van der Waals surface area contributed by atoms with Crippen molar-refractivity contribution in [3.8, 4) is 0 Å². The summed E-state index contributed by atoms with van der Waals surface area (Å²) in [6.07, 6.45) is 2.54. The minimum atomic E-state index is -0.385. The topological polar surface area (TPSA) is 24.9 Å². The van der Waals surface area contributed by atoms with Gasteiger partial charge in [-0.05, 0) is 55.3 Å². The molecule has 1 atom stereocenters. The first-order chi connectivity index (χ1) is 9.60. The van der Waals surface area contributed by atoms with Crippen LogP contribution in [0.5, 0.6) is 0 Å². The van der Waals surface area contributed by atoms with Gasteiger partial charge in [-0.1, -0.05) is 24.6 Å². The van der Waals surface area contributed by atoms with Gasteiger partial charge in [0.1, 0.15) is 5.82 Å². The van der Waals surface area contributed by atoms with Crippen molar-refractivity contribution in [3.63, 3.8) is 0 Å². The molecular weight excluding hydrogens is 275 g/mol. The van der Waals surface area contributed by atoms with Crippen molar-refractivity contribution >= 4 is 11.6 Å². The first kappa shape index (κ1) is 14.9. The molecular formula is C16H18ClFN2. The average molecular weight is 293 g/mol. The Morgan fingerprint density at radius 2 is 2.10 bits per heavy atom. The molecule has 0 aliphatic carbocycles. The van der Waals surface area contributed by atoms with E-state index in [4.69, 9.17) is 11.6 Å². The summed E-state index contributed by atoms with van der Waals surface area (Å²) in [7, 11) is 0. The van der Waals surface area contributed by atoms with Crippen molar-refractivity contribution in [2.75, 3.05) is 6.54 Å². The Kier molecular flexibility index (Phi) is 5.10. The van der Waals surface area contributed by atoms with Gasteiger partial charge in [0, 0.05) is 6.20 Å². The van der Waals surface area contributed by atoms with Crippen molar-refractivity contribution in [3.05, 3.63) is 64.2 Å². The van der Waals surface area contributed by atoms with E-state index in [1.807, 2.05) is 19.2 Å². The lowest BCUT2D eigenvalue weighted by atomic mass is 10.0. The van der Waals surface area contributed by atoms with Crippen molar-refractivity contribution in [2.24, 2.45) is 0 Å². The quantitative estimate of drug-likeness (QED) is 0.898. The number of aromatic nitrogens is 1. The molecule has 0 aliphatic rings. The summed E-state index contributed by atoms with van der Waals surface area (Å²) in [6, 6.07) is 8.99. The Hall–Kier alpha value is -1.45. The maximum atomic E-state index is 13.2. The molecule has 0 saturated heterocycles. The molecule has 0 radical (unpaired) electrons. The molecule has 2 aromatic rings. The predicted octanol–water partition coefficient (Wildman–Crippen LogP) is 4.08. The lowest BCUT2D eigenvalue weighted by Gasteiger charge is -2.18. The molecule has 0 aliphatic heterocycles. The number of rotatable bonds is 5. The first-order valence-electron chi connectivity index (χ1n) is 6.70. The Balaban J connectivity index is 2.22. The number of hydrogen-bond donors (Lipinski definition) is 1. The fraction of sp³-hybridized carbons (Fsp3) is 0.312. The van der Waals surface area contributed by atoms with Crippen molar-refractivity contribution in [1.29, 1.82) is 0 Å². The molecule has 0 amide bonds. The highest BCUT2D eigenvalue weighted by Gasteiger charge is 2.13. The van der Waals surface area contributed by atoms with Crippen LogP contribution < -0.4 is 5.32 Å². The fourth-order valence-electron chi connectivity index (χ4n) is 2.18. The second kappa shape index (κ2) is 6.82. The van der Waals surface area contributed by atoms with Gasteiger partial charge >= 0.3 is 0 Å².